The molecule has 0 amide bonds. The maximum atomic E-state index is 9.11. The van der Waals surface area contributed by atoms with Crippen molar-refractivity contribution in [1.29, 1.82) is 0 Å². The fourth-order valence-corrected chi connectivity index (χ4v) is 2.40. The molecule has 0 saturated carbocycles. The van der Waals surface area contributed by atoms with E-state index in [0.717, 1.165) is 27.9 Å². The van der Waals surface area contributed by atoms with Crippen LogP contribution in [-0.4, -0.2) is 23.9 Å². The second-order valence-electron chi connectivity index (χ2n) is 6.41. The highest BCUT2D eigenvalue weighted by Gasteiger charge is 2.14. The fourth-order valence-electron chi connectivity index (χ4n) is 1.78. The summed E-state index contributed by atoms with van der Waals surface area (Å²) in [5, 5.41) is 12.6. The standard InChI is InChI=1S/C16H26BrNO2/c1-11(9-19)10-20-15-12(2)6-14(17)7-13(15)8-18-16(3,4)5/h6-7,11,18-19H,8-10H2,1-5H3. The number of aryl methyl sites for hydroxylation is 1. The van der Waals surface area contributed by atoms with E-state index in [9.17, 15) is 0 Å². The van der Waals surface area contributed by atoms with Crippen LogP contribution in [0, 0.1) is 12.8 Å². The average molecular weight is 344 g/mol. The molecule has 1 rings (SSSR count). The van der Waals surface area contributed by atoms with Gasteiger partial charge in [0.25, 0.3) is 0 Å². The van der Waals surface area contributed by atoms with E-state index in [1.807, 2.05) is 13.8 Å². The van der Waals surface area contributed by atoms with Crippen LogP contribution in [0.1, 0.15) is 38.8 Å². The molecule has 1 aromatic rings. The molecule has 0 heterocycles. The van der Waals surface area contributed by atoms with Crippen molar-refractivity contribution >= 4 is 15.9 Å². The first-order chi connectivity index (χ1) is 9.23. The molecule has 0 aliphatic carbocycles. The predicted molar refractivity (Wildman–Crippen MR) is 87.2 cm³/mol. The Morgan fingerprint density at radius 2 is 2.00 bits per heavy atom. The van der Waals surface area contributed by atoms with Crippen molar-refractivity contribution < 1.29 is 9.84 Å². The molecule has 114 valence electrons. The summed E-state index contributed by atoms with van der Waals surface area (Å²) in [5.41, 5.74) is 2.30. The summed E-state index contributed by atoms with van der Waals surface area (Å²) in [6.45, 7) is 11.9. The van der Waals surface area contributed by atoms with E-state index in [0.29, 0.717) is 6.61 Å². The van der Waals surface area contributed by atoms with Gasteiger partial charge in [-0.2, -0.15) is 0 Å². The maximum Gasteiger partial charge on any atom is 0.126 e. The Morgan fingerprint density at radius 1 is 1.35 bits per heavy atom. The van der Waals surface area contributed by atoms with Gasteiger partial charge in [0.15, 0.2) is 0 Å². The van der Waals surface area contributed by atoms with Crippen LogP contribution in [0.5, 0.6) is 5.75 Å². The minimum absolute atomic E-state index is 0.0614. The van der Waals surface area contributed by atoms with Gasteiger partial charge in [0, 0.05) is 34.6 Å². The number of ether oxygens (including phenoxy) is 1. The molecule has 0 fully saturated rings. The van der Waals surface area contributed by atoms with Crippen LogP contribution in [0.2, 0.25) is 0 Å². The zero-order valence-electron chi connectivity index (χ0n) is 13.1. The summed E-state index contributed by atoms with van der Waals surface area (Å²) in [4.78, 5) is 0. The molecule has 1 unspecified atom stereocenters. The smallest absolute Gasteiger partial charge is 0.126 e. The lowest BCUT2D eigenvalue weighted by Crippen LogP contribution is -2.35. The van der Waals surface area contributed by atoms with E-state index < -0.39 is 0 Å². The van der Waals surface area contributed by atoms with Crippen molar-refractivity contribution in [3.05, 3.63) is 27.7 Å². The Hall–Kier alpha value is -0.580. The molecule has 0 spiro atoms. The number of aliphatic hydroxyl groups excluding tert-OH is 1. The Morgan fingerprint density at radius 3 is 2.55 bits per heavy atom. The molecule has 3 nitrogen and oxygen atoms in total. The van der Waals surface area contributed by atoms with Crippen molar-refractivity contribution in [3.63, 3.8) is 0 Å². The maximum absolute atomic E-state index is 9.11. The summed E-state index contributed by atoms with van der Waals surface area (Å²) in [5.74, 6) is 1.06. The molecule has 0 aliphatic rings. The second-order valence-corrected chi connectivity index (χ2v) is 7.33. The third kappa shape index (κ3) is 5.81. The highest BCUT2D eigenvalue weighted by molar-refractivity contribution is 9.10. The van der Waals surface area contributed by atoms with Crippen molar-refractivity contribution in [2.24, 2.45) is 5.92 Å². The molecule has 0 bridgehead atoms. The molecule has 0 aromatic heterocycles. The van der Waals surface area contributed by atoms with Gasteiger partial charge in [-0.25, -0.2) is 0 Å². The molecule has 0 aliphatic heterocycles. The van der Waals surface area contributed by atoms with Gasteiger partial charge in [-0.05, 0) is 45.4 Å². The van der Waals surface area contributed by atoms with Crippen molar-refractivity contribution in [2.45, 2.75) is 46.7 Å². The first kappa shape index (κ1) is 17.5. The number of hydrogen-bond donors (Lipinski definition) is 2. The number of aliphatic hydroxyl groups is 1. The van der Waals surface area contributed by atoms with E-state index in [-0.39, 0.29) is 18.1 Å². The minimum Gasteiger partial charge on any atom is -0.493 e. The number of hydrogen-bond acceptors (Lipinski definition) is 3. The minimum atomic E-state index is 0.0614. The average Bonchev–Trinajstić information content (AvgIpc) is 2.33. The Balaban J connectivity index is 2.89. The third-order valence-corrected chi connectivity index (χ3v) is 3.41. The molecular weight excluding hydrogens is 318 g/mol. The molecule has 1 aromatic carbocycles. The lowest BCUT2D eigenvalue weighted by molar-refractivity contribution is 0.173. The molecular formula is C16H26BrNO2. The van der Waals surface area contributed by atoms with Crippen LogP contribution in [0.25, 0.3) is 0 Å². The van der Waals surface area contributed by atoms with Crippen LogP contribution in [-0.2, 0) is 6.54 Å². The number of nitrogens with one attached hydrogen (secondary N) is 1. The van der Waals surface area contributed by atoms with E-state index in [1.54, 1.807) is 0 Å². The van der Waals surface area contributed by atoms with E-state index in [1.165, 1.54) is 0 Å². The third-order valence-electron chi connectivity index (χ3n) is 2.95. The van der Waals surface area contributed by atoms with Gasteiger partial charge >= 0.3 is 0 Å². The van der Waals surface area contributed by atoms with Gasteiger partial charge in [-0.3, -0.25) is 0 Å². The van der Waals surface area contributed by atoms with E-state index >= 15 is 0 Å². The van der Waals surface area contributed by atoms with Gasteiger partial charge in [-0.1, -0.05) is 22.9 Å². The van der Waals surface area contributed by atoms with E-state index in [2.05, 4.69) is 54.2 Å². The van der Waals surface area contributed by atoms with Crippen LogP contribution >= 0.6 is 15.9 Å². The van der Waals surface area contributed by atoms with Crippen LogP contribution in [0.3, 0.4) is 0 Å². The van der Waals surface area contributed by atoms with E-state index in [4.69, 9.17) is 9.84 Å². The quantitative estimate of drug-likeness (QED) is 0.828. The summed E-state index contributed by atoms with van der Waals surface area (Å²) in [7, 11) is 0. The molecule has 20 heavy (non-hydrogen) atoms. The van der Waals surface area contributed by atoms with Crippen molar-refractivity contribution in [3.8, 4) is 5.75 Å². The van der Waals surface area contributed by atoms with Crippen LogP contribution in [0.15, 0.2) is 16.6 Å². The molecule has 4 heteroatoms. The monoisotopic (exact) mass is 343 g/mol. The fraction of sp³-hybridized carbons (Fsp3) is 0.625. The summed E-state index contributed by atoms with van der Waals surface area (Å²) in [6.07, 6.45) is 0. The lowest BCUT2D eigenvalue weighted by Gasteiger charge is -2.23. The first-order valence-electron chi connectivity index (χ1n) is 7.00. The number of benzene rings is 1. The SMILES string of the molecule is Cc1cc(Br)cc(CNC(C)(C)C)c1OCC(C)CO. The zero-order chi connectivity index (χ0) is 15.3. The van der Waals surface area contributed by atoms with Gasteiger partial charge in [0.1, 0.15) is 5.75 Å². The molecule has 1 atom stereocenters. The Kier molecular flexibility index (Phi) is 6.49. The number of rotatable bonds is 6. The largest absolute Gasteiger partial charge is 0.493 e. The summed E-state index contributed by atoms with van der Waals surface area (Å²) in [6, 6.07) is 4.14. The van der Waals surface area contributed by atoms with Gasteiger partial charge < -0.3 is 15.2 Å². The van der Waals surface area contributed by atoms with Gasteiger partial charge in [-0.15, -0.1) is 0 Å². The molecule has 2 N–H and O–H groups in total. The van der Waals surface area contributed by atoms with Crippen LogP contribution < -0.4 is 10.1 Å². The summed E-state index contributed by atoms with van der Waals surface area (Å²) >= 11 is 3.54. The number of halogens is 1. The van der Waals surface area contributed by atoms with Crippen molar-refractivity contribution in [2.75, 3.05) is 13.2 Å². The predicted octanol–water partition coefficient (Wildman–Crippen LogP) is 3.65. The Bertz CT molecular complexity index is 441. The van der Waals surface area contributed by atoms with Gasteiger partial charge in [0.05, 0.1) is 6.61 Å². The normalized spacial score (nSPS) is 13.3. The molecule has 0 saturated heterocycles. The highest BCUT2D eigenvalue weighted by atomic mass is 79.9. The molecule has 0 radical (unpaired) electrons. The summed E-state index contributed by atoms with van der Waals surface area (Å²) < 4.78 is 6.98. The Labute approximate surface area is 130 Å². The lowest BCUT2D eigenvalue weighted by atomic mass is 10.1. The first-order valence-corrected chi connectivity index (χ1v) is 7.80. The van der Waals surface area contributed by atoms with Gasteiger partial charge in [0.2, 0.25) is 0 Å². The zero-order valence-corrected chi connectivity index (χ0v) is 14.7. The second kappa shape index (κ2) is 7.43. The highest BCUT2D eigenvalue weighted by Crippen LogP contribution is 2.29. The van der Waals surface area contributed by atoms with Crippen LogP contribution in [0.4, 0.5) is 0 Å². The topological polar surface area (TPSA) is 41.5 Å². The van der Waals surface area contributed by atoms with Crippen molar-refractivity contribution in [1.82, 2.24) is 5.32 Å².